The Morgan fingerprint density at radius 2 is 2.00 bits per heavy atom. The van der Waals surface area contributed by atoms with E-state index in [2.05, 4.69) is 30.6 Å². The van der Waals surface area contributed by atoms with Crippen LogP contribution in [0.4, 0.5) is 11.6 Å². The number of carbonyl (C=O) groups is 2. The Kier molecular flexibility index (Phi) is 4.97. The molecule has 12 nitrogen and oxygen atoms in total. The van der Waals surface area contributed by atoms with Gasteiger partial charge in [-0.05, 0) is 35.4 Å². The molecule has 2 aromatic rings. The maximum absolute atomic E-state index is 12.5. The van der Waals surface area contributed by atoms with Crippen LogP contribution in [0.5, 0.6) is 0 Å². The molecule has 4 rings (SSSR count). The van der Waals surface area contributed by atoms with Crippen molar-refractivity contribution in [2.24, 2.45) is 4.99 Å². The summed E-state index contributed by atoms with van der Waals surface area (Å²) in [6.07, 6.45) is 4.00. The summed E-state index contributed by atoms with van der Waals surface area (Å²) in [4.78, 5) is 42.8. The molecule has 4 heterocycles. The van der Waals surface area contributed by atoms with Crippen LogP contribution in [0.2, 0.25) is 0 Å². The maximum Gasteiger partial charge on any atom is 0.291 e. The number of anilines is 2. The molecule has 0 atom stereocenters. The van der Waals surface area contributed by atoms with Crippen LogP contribution in [0.15, 0.2) is 22.0 Å². The molecule has 1 saturated heterocycles. The molecule has 1 fully saturated rings. The topological polar surface area (TPSA) is 178 Å². The summed E-state index contributed by atoms with van der Waals surface area (Å²) < 4.78 is 5.47. The molecule has 0 bridgehead atoms. The largest absolute Gasteiger partial charge is 0.438 e. The number of hydrogen-bond donors (Lipinski definition) is 4. The summed E-state index contributed by atoms with van der Waals surface area (Å²) in [6.45, 7) is 1.57. The third kappa shape index (κ3) is 3.81. The van der Waals surface area contributed by atoms with Gasteiger partial charge in [0.1, 0.15) is 3.70 Å². The second-order valence-corrected chi connectivity index (χ2v) is 7.84. The normalized spacial score (nSPS) is 17.7. The number of amides is 2. The van der Waals surface area contributed by atoms with Crippen molar-refractivity contribution in [3.63, 3.8) is 0 Å². The van der Waals surface area contributed by atoms with Crippen LogP contribution in [0.3, 0.4) is 0 Å². The Morgan fingerprint density at radius 1 is 1.24 bits per heavy atom. The highest BCUT2D eigenvalue weighted by Crippen LogP contribution is 2.26. The number of carbonyl (C=O) groups excluding carboxylic acids is 2. The van der Waals surface area contributed by atoms with Gasteiger partial charge in [-0.2, -0.15) is 0 Å². The summed E-state index contributed by atoms with van der Waals surface area (Å²) in [5.74, 6) is -0.0140. The first-order valence-corrected chi connectivity index (χ1v) is 9.85. The average molecular weight is 511 g/mol. The molecule has 2 aliphatic rings. The number of halogens is 1. The molecule has 152 valence electrons. The van der Waals surface area contributed by atoms with Gasteiger partial charge in [0, 0.05) is 13.1 Å². The molecule has 6 N–H and O–H groups in total. The summed E-state index contributed by atoms with van der Waals surface area (Å²) in [7, 11) is 0. The average Bonchev–Trinajstić information content (AvgIpc) is 3.36. The Morgan fingerprint density at radius 3 is 2.69 bits per heavy atom. The van der Waals surface area contributed by atoms with E-state index in [9.17, 15) is 9.59 Å². The number of guanidine groups is 1. The van der Waals surface area contributed by atoms with Gasteiger partial charge in [-0.15, -0.1) is 0 Å². The Labute approximate surface area is 178 Å². The van der Waals surface area contributed by atoms with Crippen molar-refractivity contribution in [2.75, 3.05) is 31.1 Å². The van der Waals surface area contributed by atoms with Gasteiger partial charge in [-0.1, -0.05) is 0 Å². The van der Waals surface area contributed by atoms with Crippen LogP contribution < -0.4 is 22.1 Å². The highest BCUT2D eigenvalue weighted by molar-refractivity contribution is 14.1. The van der Waals surface area contributed by atoms with Crippen LogP contribution in [0, 0.1) is 3.70 Å². The first kappa shape index (κ1) is 19.4. The van der Waals surface area contributed by atoms with Gasteiger partial charge in [0.05, 0.1) is 18.3 Å². The molecule has 0 unspecified atom stereocenters. The molecule has 29 heavy (non-hydrogen) atoms. The quantitative estimate of drug-likeness (QED) is 0.391. The number of hydrogen-bond acceptors (Lipinski definition) is 10. The van der Waals surface area contributed by atoms with Gasteiger partial charge in [0.15, 0.2) is 29.7 Å². The number of piperidine rings is 1. The molecule has 1 spiro atoms. The molecule has 0 aliphatic carbocycles. The monoisotopic (exact) mass is 511 g/mol. The number of aromatic nitrogens is 3. The zero-order valence-corrected chi connectivity index (χ0v) is 17.3. The minimum atomic E-state index is -0.519. The second-order valence-electron chi connectivity index (χ2n) is 6.82. The Bertz CT molecular complexity index is 984. The number of nitrogen functional groups attached to an aromatic ring is 2. The third-order valence-corrected chi connectivity index (χ3v) is 5.72. The fraction of sp³-hybridized carbons (Fsp3) is 0.375. The van der Waals surface area contributed by atoms with Crippen molar-refractivity contribution in [1.29, 1.82) is 0 Å². The molecule has 2 amide bonds. The summed E-state index contributed by atoms with van der Waals surface area (Å²) in [6, 6.07) is 0. The number of nitrogens with zero attached hydrogens (tertiary/aromatic N) is 5. The fourth-order valence-electron chi connectivity index (χ4n) is 3.30. The number of nitrogens with one attached hydrogen (secondary N) is 2. The van der Waals surface area contributed by atoms with E-state index in [0.717, 1.165) is 0 Å². The highest BCUT2D eigenvalue weighted by Gasteiger charge is 2.40. The molecule has 0 saturated carbocycles. The van der Waals surface area contributed by atoms with E-state index in [4.69, 9.17) is 15.9 Å². The van der Waals surface area contributed by atoms with Crippen molar-refractivity contribution in [3.05, 3.63) is 27.7 Å². The first-order chi connectivity index (χ1) is 13.9. The van der Waals surface area contributed by atoms with Gasteiger partial charge in [0.2, 0.25) is 5.76 Å². The Hall–Kier alpha value is -2.97. The number of aliphatic imine (C=N–C) groups is 1. The lowest BCUT2D eigenvalue weighted by Gasteiger charge is -2.38. The van der Waals surface area contributed by atoms with E-state index in [0.29, 0.717) is 42.1 Å². The summed E-state index contributed by atoms with van der Waals surface area (Å²) in [5, 5.41) is 5.96. The fourth-order valence-corrected chi connectivity index (χ4v) is 3.67. The zero-order valence-electron chi connectivity index (χ0n) is 15.2. The van der Waals surface area contributed by atoms with Crippen LogP contribution in [-0.2, 0) is 0 Å². The lowest BCUT2D eigenvalue weighted by atomic mass is 9.88. The molecular formula is C16H18IN9O3. The van der Waals surface area contributed by atoms with Crippen molar-refractivity contribution in [3.8, 4) is 0 Å². The minimum absolute atomic E-state index is 0.0125. The van der Waals surface area contributed by atoms with Gasteiger partial charge in [-0.3, -0.25) is 19.9 Å². The number of nitrogens with two attached hydrogens (primary N) is 2. The molecule has 13 heteroatoms. The van der Waals surface area contributed by atoms with E-state index in [1.54, 1.807) is 4.90 Å². The smallest absolute Gasteiger partial charge is 0.291 e. The van der Waals surface area contributed by atoms with Crippen molar-refractivity contribution < 1.29 is 14.0 Å². The number of likely N-dealkylation sites (tertiary alicyclic amines) is 1. The number of rotatable bonds is 2. The second kappa shape index (κ2) is 7.46. The van der Waals surface area contributed by atoms with Crippen molar-refractivity contribution in [1.82, 2.24) is 30.5 Å². The van der Waals surface area contributed by atoms with Gasteiger partial charge < -0.3 is 26.1 Å². The number of oxazole rings is 1. The lowest BCUT2D eigenvalue weighted by molar-refractivity contribution is 0.0637. The third-order valence-electron chi connectivity index (χ3n) is 4.93. The molecule has 0 radical (unpaired) electrons. The van der Waals surface area contributed by atoms with E-state index in [1.165, 1.54) is 12.6 Å². The molecule has 2 aliphatic heterocycles. The van der Waals surface area contributed by atoms with Gasteiger partial charge in [0.25, 0.3) is 11.8 Å². The SMILES string of the molecule is Nc1nc(N)c(C(=O)NC2=NCC3(CCN(C(=O)c4cnco4)CC3)N2)nc1I. The lowest BCUT2D eigenvalue weighted by Crippen LogP contribution is -2.56. The first-order valence-electron chi connectivity index (χ1n) is 8.77. The van der Waals surface area contributed by atoms with Crippen LogP contribution in [0.1, 0.15) is 33.9 Å². The van der Waals surface area contributed by atoms with E-state index < -0.39 is 5.91 Å². The maximum atomic E-state index is 12.5. The summed E-state index contributed by atoms with van der Waals surface area (Å²) in [5.41, 5.74) is 11.1. The zero-order chi connectivity index (χ0) is 20.6. The molecule has 0 aromatic carbocycles. The van der Waals surface area contributed by atoms with Crippen LogP contribution in [0.25, 0.3) is 0 Å². The van der Waals surface area contributed by atoms with Crippen molar-refractivity contribution >= 4 is 52.0 Å². The molecule has 2 aromatic heterocycles. The van der Waals surface area contributed by atoms with E-state index >= 15 is 0 Å². The highest BCUT2D eigenvalue weighted by atomic mass is 127. The predicted octanol–water partition coefficient (Wildman–Crippen LogP) is -0.402. The van der Waals surface area contributed by atoms with Gasteiger partial charge in [-0.25, -0.2) is 15.0 Å². The van der Waals surface area contributed by atoms with Crippen LogP contribution >= 0.6 is 22.6 Å². The predicted molar refractivity (Wildman–Crippen MR) is 111 cm³/mol. The minimum Gasteiger partial charge on any atom is -0.438 e. The van der Waals surface area contributed by atoms with Crippen LogP contribution in [-0.4, -0.2) is 62.8 Å². The standard InChI is InChI=1S/C16H18IN9O3/c17-10-12(19)23-11(18)9(22-10)13(27)24-15-21-6-16(25-15)1-3-26(4-2-16)14(28)8-5-20-7-29-8/h5,7H,1-4,6H2,(H4,18,19,23)(H2,21,24,25,27). The summed E-state index contributed by atoms with van der Waals surface area (Å²) >= 11 is 1.88. The van der Waals surface area contributed by atoms with Gasteiger partial charge >= 0.3 is 0 Å². The van der Waals surface area contributed by atoms with E-state index in [-0.39, 0.29) is 34.5 Å². The van der Waals surface area contributed by atoms with Crippen molar-refractivity contribution in [2.45, 2.75) is 18.4 Å². The van der Waals surface area contributed by atoms with E-state index in [1.807, 2.05) is 22.6 Å². The Balaban J connectivity index is 1.35. The molecular weight excluding hydrogens is 493 g/mol.